The molecule has 0 unspecified atom stereocenters. The second-order valence-corrected chi connectivity index (χ2v) is 7.78. The van der Waals surface area contributed by atoms with Gasteiger partial charge in [-0.3, -0.25) is 0 Å². The lowest BCUT2D eigenvalue weighted by molar-refractivity contribution is 0.193. The molecule has 2 aromatic carbocycles. The van der Waals surface area contributed by atoms with Crippen molar-refractivity contribution in [1.29, 1.82) is 0 Å². The fourth-order valence-corrected chi connectivity index (χ4v) is 3.70. The summed E-state index contributed by atoms with van der Waals surface area (Å²) < 4.78 is 19.6. The number of halogens is 3. The van der Waals surface area contributed by atoms with E-state index >= 15 is 0 Å². The minimum atomic E-state index is -0.242. The molecule has 5 nitrogen and oxygen atoms in total. The van der Waals surface area contributed by atoms with Crippen molar-refractivity contribution in [2.45, 2.75) is 6.42 Å². The van der Waals surface area contributed by atoms with Crippen LogP contribution in [0.4, 0.5) is 14.9 Å². The maximum absolute atomic E-state index is 13.0. The number of hydrogen-bond donors (Lipinski definition) is 1. The van der Waals surface area contributed by atoms with E-state index in [1.807, 2.05) is 12.1 Å². The zero-order valence-corrected chi connectivity index (χ0v) is 17.7. The summed E-state index contributed by atoms with van der Waals surface area (Å²) in [6, 6.07) is 11.8. The molecule has 1 N–H and O–H groups in total. The molecule has 3 rings (SSSR count). The van der Waals surface area contributed by atoms with Crippen LogP contribution in [0, 0.1) is 5.82 Å². The van der Waals surface area contributed by atoms with E-state index in [1.165, 1.54) is 12.1 Å². The molecule has 1 fully saturated rings. The summed E-state index contributed by atoms with van der Waals surface area (Å²) in [6.07, 6.45) is 0.688. The Labute approximate surface area is 177 Å². The number of nitrogens with one attached hydrogen (secondary N) is 1. The lowest BCUT2D eigenvalue weighted by atomic mass is 10.2. The third kappa shape index (κ3) is 5.75. The summed E-state index contributed by atoms with van der Waals surface area (Å²) in [5.41, 5.74) is 0.977. The molecule has 2 amide bonds. The summed E-state index contributed by atoms with van der Waals surface area (Å²) in [5.74, 6) is 0.390. The van der Waals surface area contributed by atoms with E-state index in [-0.39, 0.29) is 11.8 Å². The van der Waals surface area contributed by atoms with Crippen LogP contribution >= 0.6 is 27.5 Å². The molecular formula is C20H22BrClFN3O2. The number of carbonyl (C=O) groups excluding carboxylic acids is 1. The quantitative estimate of drug-likeness (QED) is 0.630. The Morgan fingerprint density at radius 1 is 1.14 bits per heavy atom. The van der Waals surface area contributed by atoms with Crippen LogP contribution in [0.5, 0.6) is 5.75 Å². The molecule has 0 saturated carbocycles. The summed E-state index contributed by atoms with van der Waals surface area (Å²) in [4.78, 5) is 16.2. The molecule has 0 radical (unpaired) electrons. The number of nitrogens with zero attached hydrogens (tertiary/aromatic N) is 2. The molecule has 1 saturated heterocycles. The molecular weight excluding hydrogens is 449 g/mol. The highest BCUT2D eigenvalue weighted by atomic mass is 79.9. The number of carbonyl (C=O) groups is 1. The van der Waals surface area contributed by atoms with Crippen molar-refractivity contribution in [2.75, 3.05) is 44.2 Å². The highest BCUT2D eigenvalue weighted by Gasteiger charge is 2.20. The van der Waals surface area contributed by atoms with Gasteiger partial charge in [0.25, 0.3) is 0 Å². The first-order chi connectivity index (χ1) is 13.5. The van der Waals surface area contributed by atoms with Gasteiger partial charge in [-0.1, -0.05) is 27.5 Å². The van der Waals surface area contributed by atoms with E-state index in [0.29, 0.717) is 43.4 Å². The zero-order valence-electron chi connectivity index (χ0n) is 15.3. The van der Waals surface area contributed by atoms with E-state index < -0.39 is 0 Å². The third-order valence-electron chi connectivity index (χ3n) is 4.51. The van der Waals surface area contributed by atoms with Crippen LogP contribution < -0.4 is 15.0 Å². The molecule has 1 aliphatic heterocycles. The Balaban J connectivity index is 1.34. The number of urea groups is 1. The van der Waals surface area contributed by atoms with Gasteiger partial charge in [0.05, 0.1) is 11.6 Å². The molecule has 0 spiro atoms. The van der Waals surface area contributed by atoms with Crippen molar-refractivity contribution in [2.24, 2.45) is 0 Å². The number of piperazine rings is 1. The normalized spacial score (nSPS) is 14.1. The Morgan fingerprint density at radius 3 is 2.54 bits per heavy atom. The Bertz CT molecular complexity index is 799. The van der Waals surface area contributed by atoms with Crippen LogP contribution in [-0.4, -0.2) is 50.3 Å². The van der Waals surface area contributed by atoms with Gasteiger partial charge in [-0.25, -0.2) is 9.18 Å². The smallest absolute Gasteiger partial charge is 0.317 e. The summed E-state index contributed by atoms with van der Waals surface area (Å²) in [6.45, 7) is 3.72. The van der Waals surface area contributed by atoms with Gasteiger partial charge in [0, 0.05) is 42.9 Å². The van der Waals surface area contributed by atoms with Gasteiger partial charge in [0.2, 0.25) is 0 Å². The molecule has 0 atom stereocenters. The number of amides is 2. The van der Waals surface area contributed by atoms with Crippen molar-refractivity contribution >= 4 is 39.2 Å². The molecule has 1 heterocycles. The van der Waals surface area contributed by atoms with Gasteiger partial charge in [0.15, 0.2) is 0 Å². The van der Waals surface area contributed by atoms with Crippen LogP contribution in [0.2, 0.25) is 5.02 Å². The first kappa shape index (κ1) is 20.7. The minimum Gasteiger partial charge on any atom is -0.492 e. The van der Waals surface area contributed by atoms with Crippen molar-refractivity contribution < 1.29 is 13.9 Å². The van der Waals surface area contributed by atoms with Crippen LogP contribution in [0.1, 0.15) is 6.42 Å². The standard InChI is InChI=1S/C20H22BrClFN3O2/c21-15-2-7-19(18(22)14-15)28-13-1-8-24-20(27)26-11-9-25(10-12-26)17-5-3-16(23)4-6-17/h2-7,14H,1,8-13H2,(H,24,27). The Hall–Kier alpha value is -1.99. The maximum Gasteiger partial charge on any atom is 0.317 e. The summed E-state index contributed by atoms with van der Waals surface area (Å²) >= 11 is 9.46. The van der Waals surface area contributed by atoms with Gasteiger partial charge in [-0.2, -0.15) is 0 Å². The summed E-state index contributed by atoms with van der Waals surface area (Å²) in [5, 5.41) is 3.48. The first-order valence-corrected chi connectivity index (χ1v) is 10.3. The Morgan fingerprint density at radius 2 is 1.86 bits per heavy atom. The predicted octanol–water partition coefficient (Wildman–Crippen LogP) is 4.54. The van der Waals surface area contributed by atoms with Crippen molar-refractivity contribution in [3.05, 3.63) is 57.8 Å². The molecule has 0 aromatic heterocycles. The maximum atomic E-state index is 13.0. The lowest BCUT2D eigenvalue weighted by Crippen LogP contribution is -2.52. The van der Waals surface area contributed by atoms with E-state index in [1.54, 1.807) is 23.1 Å². The SMILES string of the molecule is O=C(NCCCOc1ccc(Br)cc1Cl)N1CCN(c2ccc(F)cc2)CC1. The minimum absolute atomic E-state index is 0.0690. The number of rotatable bonds is 6. The first-order valence-electron chi connectivity index (χ1n) is 9.14. The Kier molecular flexibility index (Phi) is 7.39. The van der Waals surface area contributed by atoms with Gasteiger partial charge in [0.1, 0.15) is 11.6 Å². The van der Waals surface area contributed by atoms with Crippen LogP contribution in [0.15, 0.2) is 46.9 Å². The predicted molar refractivity (Wildman–Crippen MR) is 113 cm³/mol. The van der Waals surface area contributed by atoms with E-state index in [9.17, 15) is 9.18 Å². The topological polar surface area (TPSA) is 44.8 Å². The van der Waals surface area contributed by atoms with Crippen LogP contribution in [0.3, 0.4) is 0 Å². The molecule has 0 aliphatic carbocycles. The second-order valence-electron chi connectivity index (χ2n) is 6.46. The second kappa shape index (κ2) is 9.98. The van der Waals surface area contributed by atoms with Crippen molar-refractivity contribution in [3.63, 3.8) is 0 Å². The zero-order chi connectivity index (χ0) is 19.9. The van der Waals surface area contributed by atoms with Crippen molar-refractivity contribution in [3.8, 4) is 5.75 Å². The average molecular weight is 471 g/mol. The van der Waals surface area contributed by atoms with Gasteiger partial charge in [-0.05, 0) is 48.9 Å². The monoisotopic (exact) mass is 469 g/mol. The number of anilines is 1. The molecule has 0 bridgehead atoms. The number of ether oxygens (including phenoxy) is 1. The third-order valence-corrected chi connectivity index (χ3v) is 5.30. The molecule has 8 heteroatoms. The fraction of sp³-hybridized carbons (Fsp3) is 0.350. The number of benzene rings is 2. The highest BCUT2D eigenvalue weighted by molar-refractivity contribution is 9.10. The molecule has 150 valence electrons. The molecule has 2 aromatic rings. The molecule has 28 heavy (non-hydrogen) atoms. The van der Waals surface area contributed by atoms with Gasteiger partial charge in [-0.15, -0.1) is 0 Å². The highest BCUT2D eigenvalue weighted by Crippen LogP contribution is 2.27. The largest absolute Gasteiger partial charge is 0.492 e. The van der Waals surface area contributed by atoms with Gasteiger partial charge < -0.3 is 19.9 Å². The van der Waals surface area contributed by atoms with E-state index in [0.717, 1.165) is 23.2 Å². The van der Waals surface area contributed by atoms with Crippen molar-refractivity contribution in [1.82, 2.24) is 10.2 Å². The molecule has 1 aliphatic rings. The van der Waals surface area contributed by atoms with E-state index in [2.05, 4.69) is 26.1 Å². The fourth-order valence-electron chi connectivity index (χ4n) is 2.97. The lowest BCUT2D eigenvalue weighted by Gasteiger charge is -2.36. The van der Waals surface area contributed by atoms with Crippen LogP contribution in [0.25, 0.3) is 0 Å². The van der Waals surface area contributed by atoms with Crippen LogP contribution in [-0.2, 0) is 0 Å². The van der Waals surface area contributed by atoms with E-state index in [4.69, 9.17) is 16.3 Å². The van der Waals surface area contributed by atoms with Gasteiger partial charge >= 0.3 is 6.03 Å². The summed E-state index contributed by atoms with van der Waals surface area (Å²) in [7, 11) is 0. The average Bonchev–Trinajstić information content (AvgIpc) is 2.70. The number of hydrogen-bond acceptors (Lipinski definition) is 3.